The monoisotopic (exact) mass is 386 g/mol. The summed E-state index contributed by atoms with van der Waals surface area (Å²) in [4.78, 5) is 20.5. The molecule has 25 heavy (non-hydrogen) atoms. The van der Waals surface area contributed by atoms with Crippen LogP contribution in [0.2, 0.25) is 0 Å². The summed E-state index contributed by atoms with van der Waals surface area (Å²) in [6.07, 6.45) is 1.08. The lowest BCUT2D eigenvalue weighted by Gasteiger charge is -2.35. The van der Waals surface area contributed by atoms with Gasteiger partial charge in [-0.3, -0.25) is 4.79 Å². The number of hydrogen-bond donors (Lipinski definition) is 0. The van der Waals surface area contributed by atoms with Gasteiger partial charge in [-0.15, -0.1) is 0 Å². The molecule has 0 unspecified atom stereocenters. The van der Waals surface area contributed by atoms with E-state index in [2.05, 4.69) is 9.88 Å². The van der Waals surface area contributed by atoms with Crippen molar-refractivity contribution >= 4 is 42.6 Å². The predicted octanol–water partition coefficient (Wildman–Crippen LogP) is 0.975. The Bertz CT molecular complexity index is 891. The van der Waals surface area contributed by atoms with Crippen LogP contribution in [0.15, 0.2) is 18.2 Å². The van der Waals surface area contributed by atoms with Gasteiger partial charge in [0.1, 0.15) is 5.82 Å². The third-order valence-corrected chi connectivity index (χ3v) is 6.51. The molecule has 0 radical (unpaired) electrons. The maximum atomic E-state index is 13.3. The van der Waals surface area contributed by atoms with Gasteiger partial charge in [0.25, 0.3) is 0 Å². The van der Waals surface area contributed by atoms with Crippen LogP contribution in [-0.2, 0) is 14.8 Å². The summed E-state index contributed by atoms with van der Waals surface area (Å²) >= 11 is 1.43. The normalized spacial score (nSPS) is 16.0. The molecule has 7 nitrogen and oxygen atoms in total. The molecule has 0 N–H and O–H groups in total. The number of aromatic nitrogens is 1. The first kappa shape index (κ1) is 18.0. The van der Waals surface area contributed by atoms with Crippen LogP contribution in [0.25, 0.3) is 10.2 Å². The van der Waals surface area contributed by atoms with Crippen molar-refractivity contribution in [3.05, 3.63) is 24.0 Å². The largest absolute Gasteiger partial charge is 0.345 e. The van der Waals surface area contributed by atoms with Gasteiger partial charge in [0.05, 0.1) is 23.0 Å². The van der Waals surface area contributed by atoms with E-state index in [0.29, 0.717) is 26.2 Å². The summed E-state index contributed by atoms with van der Waals surface area (Å²) in [5.41, 5.74) is 0.759. The average Bonchev–Trinajstić information content (AvgIpc) is 2.97. The van der Waals surface area contributed by atoms with Gasteiger partial charge in [-0.05, 0) is 18.2 Å². The number of hydrogen-bond acceptors (Lipinski definition) is 6. The molecule has 1 fully saturated rings. The van der Waals surface area contributed by atoms with Crippen molar-refractivity contribution in [3.8, 4) is 0 Å². The second-order valence-electron chi connectivity index (χ2n) is 6.00. The molecule has 10 heteroatoms. The van der Waals surface area contributed by atoms with E-state index < -0.39 is 10.0 Å². The van der Waals surface area contributed by atoms with E-state index in [4.69, 9.17) is 0 Å². The minimum absolute atomic E-state index is 0.154. The van der Waals surface area contributed by atoms with Gasteiger partial charge in [0, 0.05) is 33.2 Å². The molecule has 0 atom stereocenters. The number of sulfonamides is 1. The van der Waals surface area contributed by atoms with Gasteiger partial charge < -0.3 is 9.80 Å². The predicted molar refractivity (Wildman–Crippen MR) is 95.8 cm³/mol. The Balaban J connectivity index is 1.62. The molecule has 1 amide bonds. The number of likely N-dealkylation sites (N-methyl/N-ethyl adjacent to an activating group) is 1. The molecule has 1 saturated heterocycles. The molecule has 1 aliphatic heterocycles. The molecule has 1 aromatic carbocycles. The Morgan fingerprint density at radius 1 is 1.32 bits per heavy atom. The van der Waals surface area contributed by atoms with E-state index in [0.717, 1.165) is 25.9 Å². The Morgan fingerprint density at radius 3 is 2.64 bits per heavy atom. The first-order chi connectivity index (χ1) is 11.7. The van der Waals surface area contributed by atoms with E-state index in [1.165, 1.54) is 30.5 Å². The summed E-state index contributed by atoms with van der Waals surface area (Å²) in [6.45, 7) is 2.06. The lowest BCUT2D eigenvalue weighted by atomic mass is 10.3. The fourth-order valence-electron chi connectivity index (χ4n) is 2.58. The second-order valence-corrected chi connectivity index (χ2v) is 9.09. The van der Waals surface area contributed by atoms with Crippen LogP contribution in [0.3, 0.4) is 0 Å². The zero-order valence-electron chi connectivity index (χ0n) is 14.0. The van der Waals surface area contributed by atoms with E-state index >= 15 is 0 Å². The number of piperazine rings is 1. The molecule has 0 aliphatic carbocycles. The van der Waals surface area contributed by atoms with Crippen LogP contribution in [0.5, 0.6) is 0 Å². The van der Waals surface area contributed by atoms with Gasteiger partial charge in [-0.25, -0.2) is 17.8 Å². The number of rotatable bonds is 4. The van der Waals surface area contributed by atoms with E-state index in [9.17, 15) is 17.6 Å². The number of amides is 1. The van der Waals surface area contributed by atoms with Crippen molar-refractivity contribution in [2.45, 2.75) is 0 Å². The van der Waals surface area contributed by atoms with Crippen molar-refractivity contribution in [3.63, 3.8) is 0 Å². The SMILES string of the molecule is CN(CC(=O)N1CCN(c2nc3ccc(F)cc3s2)CC1)S(C)(=O)=O. The van der Waals surface area contributed by atoms with Crippen LogP contribution in [0.1, 0.15) is 0 Å². The van der Waals surface area contributed by atoms with Crippen molar-refractivity contribution in [1.82, 2.24) is 14.2 Å². The zero-order valence-corrected chi connectivity index (χ0v) is 15.6. The third-order valence-electron chi connectivity index (χ3n) is 4.17. The molecular weight excluding hydrogens is 367 g/mol. The molecular formula is C15H19FN4O3S2. The van der Waals surface area contributed by atoms with Gasteiger partial charge in [0.2, 0.25) is 15.9 Å². The number of thiazole rings is 1. The zero-order chi connectivity index (χ0) is 18.2. The number of benzene rings is 1. The van der Waals surface area contributed by atoms with Crippen molar-refractivity contribution in [1.29, 1.82) is 0 Å². The van der Waals surface area contributed by atoms with Gasteiger partial charge in [-0.2, -0.15) is 4.31 Å². The number of fused-ring (bicyclic) bond motifs is 1. The Hall–Kier alpha value is -1.78. The van der Waals surface area contributed by atoms with Crippen LogP contribution in [0, 0.1) is 5.82 Å². The molecule has 2 heterocycles. The highest BCUT2D eigenvalue weighted by molar-refractivity contribution is 7.88. The fourth-order valence-corrected chi connectivity index (χ4v) is 3.96. The summed E-state index contributed by atoms with van der Waals surface area (Å²) in [6, 6.07) is 4.52. The smallest absolute Gasteiger partial charge is 0.238 e. The van der Waals surface area contributed by atoms with Crippen LogP contribution in [0.4, 0.5) is 9.52 Å². The van der Waals surface area contributed by atoms with Crippen molar-refractivity contribution in [2.75, 3.05) is 50.9 Å². The molecule has 2 aromatic rings. The van der Waals surface area contributed by atoms with Gasteiger partial charge >= 0.3 is 0 Å². The summed E-state index contributed by atoms with van der Waals surface area (Å²) in [7, 11) is -1.98. The molecule has 1 aromatic heterocycles. The number of halogens is 1. The molecule has 0 bridgehead atoms. The highest BCUT2D eigenvalue weighted by Gasteiger charge is 2.25. The van der Waals surface area contributed by atoms with Gasteiger partial charge in [0.15, 0.2) is 5.13 Å². The second kappa shape index (κ2) is 6.85. The molecule has 3 rings (SSSR count). The number of nitrogens with zero attached hydrogens (tertiary/aromatic N) is 4. The van der Waals surface area contributed by atoms with Crippen molar-refractivity contribution < 1.29 is 17.6 Å². The highest BCUT2D eigenvalue weighted by atomic mass is 32.2. The summed E-state index contributed by atoms with van der Waals surface area (Å²) in [5, 5.41) is 0.806. The quantitative estimate of drug-likeness (QED) is 0.783. The van der Waals surface area contributed by atoms with Crippen LogP contribution >= 0.6 is 11.3 Å². The summed E-state index contributed by atoms with van der Waals surface area (Å²) < 4.78 is 37.9. The summed E-state index contributed by atoms with van der Waals surface area (Å²) in [5.74, 6) is -0.493. The Kier molecular flexibility index (Phi) is 4.94. The van der Waals surface area contributed by atoms with Gasteiger partial charge in [-0.1, -0.05) is 11.3 Å². The van der Waals surface area contributed by atoms with Crippen LogP contribution < -0.4 is 4.90 Å². The lowest BCUT2D eigenvalue weighted by molar-refractivity contribution is -0.131. The average molecular weight is 386 g/mol. The van der Waals surface area contributed by atoms with E-state index in [1.807, 2.05) is 0 Å². The standard InChI is InChI=1S/C15H19FN4O3S2/c1-18(25(2,22)23)10-14(21)19-5-7-20(8-6-19)15-17-12-4-3-11(16)9-13(12)24-15/h3-4,9H,5-8,10H2,1-2H3. The fraction of sp³-hybridized carbons (Fsp3) is 0.467. The number of carbonyl (C=O) groups excluding carboxylic acids is 1. The highest BCUT2D eigenvalue weighted by Crippen LogP contribution is 2.29. The molecule has 0 spiro atoms. The van der Waals surface area contributed by atoms with Crippen LogP contribution in [-0.4, -0.2) is 74.5 Å². The maximum Gasteiger partial charge on any atom is 0.238 e. The first-order valence-electron chi connectivity index (χ1n) is 7.74. The third kappa shape index (κ3) is 4.07. The minimum Gasteiger partial charge on any atom is -0.345 e. The minimum atomic E-state index is -3.37. The molecule has 1 aliphatic rings. The molecule has 0 saturated carbocycles. The topological polar surface area (TPSA) is 73.8 Å². The molecule has 136 valence electrons. The van der Waals surface area contributed by atoms with E-state index in [-0.39, 0.29) is 18.3 Å². The number of carbonyl (C=O) groups is 1. The Morgan fingerprint density at radius 2 is 2.00 bits per heavy atom. The lowest BCUT2D eigenvalue weighted by Crippen LogP contribution is -2.51. The number of anilines is 1. The maximum absolute atomic E-state index is 13.3. The van der Waals surface area contributed by atoms with E-state index in [1.54, 1.807) is 11.0 Å². The Labute approximate surface area is 149 Å². The first-order valence-corrected chi connectivity index (χ1v) is 10.4. The van der Waals surface area contributed by atoms with Crippen molar-refractivity contribution in [2.24, 2.45) is 0 Å².